The monoisotopic (exact) mass is 187 g/mol. The Balaban J connectivity index is 2.60. The Morgan fingerprint density at radius 3 is 2.64 bits per heavy atom. The Bertz CT molecular complexity index is 357. The van der Waals surface area contributed by atoms with Crippen LogP contribution in [0.15, 0.2) is 30.3 Å². The highest BCUT2D eigenvalue weighted by Crippen LogP contribution is 1.95. The molecule has 0 fully saturated rings. The van der Waals surface area contributed by atoms with Crippen molar-refractivity contribution in [3.8, 4) is 11.8 Å². The van der Waals surface area contributed by atoms with Gasteiger partial charge in [-0.05, 0) is 25.0 Å². The lowest BCUT2D eigenvalue weighted by Gasteiger charge is -1.96. The van der Waals surface area contributed by atoms with E-state index in [-0.39, 0.29) is 11.8 Å². The molecule has 0 bridgehead atoms. The van der Waals surface area contributed by atoms with Gasteiger partial charge in [-0.1, -0.05) is 24.1 Å². The van der Waals surface area contributed by atoms with Crippen LogP contribution in [0.2, 0.25) is 0 Å². The zero-order valence-electron chi connectivity index (χ0n) is 8.16. The molecule has 2 heteroatoms. The van der Waals surface area contributed by atoms with E-state index in [1.807, 2.05) is 30.3 Å². The van der Waals surface area contributed by atoms with E-state index in [2.05, 4.69) is 11.8 Å². The summed E-state index contributed by atoms with van der Waals surface area (Å²) >= 11 is 0. The van der Waals surface area contributed by atoms with E-state index < -0.39 is 0 Å². The molecule has 0 saturated carbocycles. The third kappa shape index (κ3) is 3.88. The third-order valence-electron chi connectivity index (χ3n) is 1.63. The molecule has 0 aromatic heterocycles. The molecule has 1 unspecified atom stereocenters. The molecule has 0 amide bonds. The fourth-order valence-corrected chi connectivity index (χ4v) is 1.01. The van der Waals surface area contributed by atoms with E-state index in [9.17, 15) is 4.79 Å². The van der Waals surface area contributed by atoms with Crippen molar-refractivity contribution >= 4 is 5.78 Å². The van der Waals surface area contributed by atoms with Gasteiger partial charge in [0.25, 0.3) is 0 Å². The summed E-state index contributed by atoms with van der Waals surface area (Å²) in [6, 6.07) is 9.31. The van der Waals surface area contributed by atoms with Gasteiger partial charge in [-0.25, -0.2) is 0 Å². The van der Waals surface area contributed by atoms with Gasteiger partial charge in [-0.2, -0.15) is 0 Å². The second-order valence-electron chi connectivity index (χ2n) is 3.22. The predicted octanol–water partition coefficient (Wildman–Crippen LogP) is 1.34. The van der Waals surface area contributed by atoms with Crippen molar-refractivity contribution in [2.75, 3.05) is 0 Å². The smallest absolute Gasteiger partial charge is 0.207 e. The van der Waals surface area contributed by atoms with Gasteiger partial charge in [0, 0.05) is 18.0 Å². The van der Waals surface area contributed by atoms with Gasteiger partial charge in [0.2, 0.25) is 5.78 Å². The second-order valence-corrected chi connectivity index (χ2v) is 3.22. The van der Waals surface area contributed by atoms with Gasteiger partial charge in [-0.3, -0.25) is 4.79 Å². The van der Waals surface area contributed by atoms with Crippen LogP contribution in [0.1, 0.15) is 18.9 Å². The van der Waals surface area contributed by atoms with Crippen LogP contribution in [0.25, 0.3) is 0 Å². The first-order valence-corrected chi connectivity index (χ1v) is 4.54. The summed E-state index contributed by atoms with van der Waals surface area (Å²) in [6.45, 7) is 1.79. The summed E-state index contributed by atoms with van der Waals surface area (Å²) in [5, 5.41) is 0. The summed E-state index contributed by atoms with van der Waals surface area (Å²) in [5.74, 6) is 5.25. The molecule has 0 saturated heterocycles. The molecule has 0 heterocycles. The summed E-state index contributed by atoms with van der Waals surface area (Å²) in [7, 11) is 0. The van der Waals surface area contributed by atoms with Gasteiger partial charge in [0.1, 0.15) is 0 Å². The number of hydrogen-bond donors (Lipinski definition) is 1. The molecule has 0 aliphatic rings. The first-order valence-electron chi connectivity index (χ1n) is 4.54. The summed E-state index contributed by atoms with van der Waals surface area (Å²) < 4.78 is 0. The highest BCUT2D eigenvalue weighted by Gasteiger charge is 2.00. The molecule has 1 rings (SSSR count). The molecule has 2 N–H and O–H groups in total. The number of rotatable bonds is 2. The Morgan fingerprint density at radius 1 is 1.43 bits per heavy atom. The highest BCUT2D eigenvalue weighted by molar-refractivity contribution is 5.96. The van der Waals surface area contributed by atoms with Crippen molar-refractivity contribution < 1.29 is 4.79 Å². The third-order valence-corrected chi connectivity index (χ3v) is 1.63. The van der Waals surface area contributed by atoms with E-state index in [4.69, 9.17) is 5.73 Å². The molecule has 2 nitrogen and oxygen atoms in total. The topological polar surface area (TPSA) is 43.1 Å². The van der Waals surface area contributed by atoms with E-state index >= 15 is 0 Å². The number of benzene rings is 1. The van der Waals surface area contributed by atoms with Crippen molar-refractivity contribution in [2.45, 2.75) is 19.4 Å². The van der Waals surface area contributed by atoms with Crippen LogP contribution in [0.4, 0.5) is 0 Å². The lowest BCUT2D eigenvalue weighted by atomic mass is 10.1. The first kappa shape index (κ1) is 10.5. The number of nitrogens with two attached hydrogens (primary N) is 1. The number of carbonyl (C=O) groups excluding carboxylic acids is 1. The van der Waals surface area contributed by atoms with Crippen LogP contribution in [0.5, 0.6) is 0 Å². The van der Waals surface area contributed by atoms with E-state index in [0.29, 0.717) is 6.42 Å². The summed E-state index contributed by atoms with van der Waals surface area (Å²) in [4.78, 5) is 11.2. The van der Waals surface area contributed by atoms with E-state index in [1.165, 1.54) is 0 Å². The molecule has 14 heavy (non-hydrogen) atoms. The zero-order chi connectivity index (χ0) is 10.4. The van der Waals surface area contributed by atoms with Crippen LogP contribution in [-0.2, 0) is 4.79 Å². The van der Waals surface area contributed by atoms with Crippen molar-refractivity contribution in [2.24, 2.45) is 5.73 Å². The average Bonchev–Trinajstić information content (AvgIpc) is 2.15. The van der Waals surface area contributed by atoms with Gasteiger partial charge in [-0.15, -0.1) is 0 Å². The molecule has 0 spiro atoms. The molecular formula is C12H13NO. The van der Waals surface area contributed by atoms with Crippen molar-refractivity contribution in [3.05, 3.63) is 35.9 Å². The normalized spacial score (nSPS) is 11.3. The molecule has 1 aromatic rings. The van der Waals surface area contributed by atoms with Crippen molar-refractivity contribution in [1.29, 1.82) is 0 Å². The zero-order valence-corrected chi connectivity index (χ0v) is 8.16. The van der Waals surface area contributed by atoms with E-state index in [0.717, 1.165) is 5.56 Å². The fourth-order valence-electron chi connectivity index (χ4n) is 1.01. The largest absolute Gasteiger partial charge is 0.328 e. The lowest BCUT2D eigenvalue weighted by molar-refractivity contribution is -0.114. The molecule has 0 aliphatic carbocycles. The first-order chi connectivity index (χ1) is 6.68. The van der Waals surface area contributed by atoms with Crippen molar-refractivity contribution in [3.63, 3.8) is 0 Å². The number of carbonyl (C=O) groups is 1. The van der Waals surface area contributed by atoms with Crippen LogP contribution in [-0.4, -0.2) is 11.8 Å². The maximum Gasteiger partial charge on any atom is 0.207 e. The van der Waals surface area contributed by atoms with Crippen LogP contribution < -0.4 is 5.73 Å². The van der Waals surface area contributed by atoms with E-state index in [1.54, 1.807) is 6.92 Å². The minimum Gasteiger partial charge on any atom is -0.328 e. The molecule has 72 valence electrons. The SMILES string of the molecule is CC(N)CC(=O)C#Cc1ccccc1. The Hall–Kier alpha value is -1.59. The average molecular weight is 187 g/mol. The van der Waals surface area contributed by atoms with Crippen LogP contribution in [0, 0.1) is 11.8 Å². The molecule has 1 aromatic carbocycles. The van der Waals surface area contributed by atoms with Crippen LogP contribution in [0.3, 0.4) is 0 Å². The van der Waals surface area contributed by atoms with Gasteiger partial charge in [0.05, 0.1) is 0 Å². The minimum atomic E-state index is -0.118. The summed E-state index contributed by atoms with van der Waals surface area (Å²) in [5.41, 5.74) is 6.33. The lowest BCUT2D eigenvalue weighted by Crippen LogP contribution is -2.18. The van der Waals surface area contributed by atoms with Crippen molar-refractivity contribution in [1.82, 2.24) is 0 Å². The second kappa shape index (κ2) is 5.21. The Morgan fingerprint density at radius 2 is 2.07 bits per heavy atom. The minimum absolute atomic E-state index is 0.108. The standard InChI is InChI=1S/C12H13NO/c1-10(13)9-12(14)8-7-11-5-3-2-4-6-11/h2-6,10H,9,13H2,1H3. The number of Topliss-reactive ketones (excluding diaryl/α,β-unsaturated/α-hetero) is 1. The molecular weight excluding hydrogens is 174 g/mol. The highest BCUT2D eigenvalue weighted by atomic mass is 16.1. The van der Waals surface area contributed by atoms with Gasteiger partial charge in [0.15, 0.2) is 0 Å². The maximum atomic E-state index is 11.2. The fraction of sp³-hybridized carbons (Fsp3) is 0.250. The number of ketones is 1. The molecule has 0 radical (unpaired) electrons. The Kier molecular flexibility index (Phi) is 3.90. The van der Waals surface area contributed by atoms with Gasteiger partial charge < -0.3 is 5.73 Å². The van der Waals surface area contributed by atoms with Gasteiger partial charge >= 0.3 is 0 Å². The van der Waals surface area contributed by atoms with Crippen LogP contribution >= 0.6 is 0 Å². The molecule has 0 aliphatic heterocycles. The predicted molar refractivity (Wildman–Crippen MR) is 56.6 cm³/mol. The quantitative estimate of drug-likeness (QED) is 0.710. The number of hydrogen-bond acceptors (Lipinski definition) is 2. The maximum absolute atomic E-state index is 11.2. The molecule has 1 atom stereocenters. The summed E-state index contributed by atoms with van der Waals surface area (Å²) in [6.07, 6.45) is 0.319. The Labute approximate surface area is 84.1 Å².